The second kappa shape index (κ2) is 13.3. The van der Waals surface area contributed by atoms with Crippen molar-refractivity contribution >= 4 is 50.7 Å². The van der Waals surface area contributed by atoms with Crippen molar-refractivity contribution < 1.29 is 18.0 Å². The average molecular weight is 617 g/mol. The highest BCUT2D eigenvalue weighted by Gasteiger charge is 2.34. The van der Waals surface area contributed by atoms with E-state index in [9.17, 15) is 18.0 Å². The summed E-state index contributed by atoms with van der Waals surface area (Å²) in [4.78, 5) is 29.0. The van der Waals surface area contributed by atoms with Crippen LogP contribution in [0.1, 0.15) is 49.3 Å². The lowest BCUT2D eigenvalue weighted by Crippen LogP contribution is -2.52. The maximum absolute atomic E-state index is 14.2. The number of nitrogens with zero attached hydrogens (tertiary/aromatic N) is 2. The van der Waals surface area contributed by atoms with E-state index in [0.29, 0.717) is 21.3 Å². The molecule has 10 heteroatoms. The molecule has 4 rings (SSSR count). The number of hydrogen-bond donors (Lipinski definition) is 1. The molecule has 1 atom stereocenters. The topological polar surface area (TPSA) is 86.8 Å². The van der Waals surface area contributed by atoms with Crippen LogP contribution >= 0.6 is 23.2 Å². The normalized spacial score (nSPS) is 14.5. The van der Waals surface area contributed by atoms with E-state index < -0.39 is 28.5 Å². The Morgan fingerprint density at radius 1 is 0.927 bits per heavy atom. The van der Waals surface area contributed by atoms with Crippen molar-refractivity contribution in [1.29, 1.82) is 0 Å². The van der Waals surface area contributed by atoms with Crippen LogP contribution < -0.4 is 9.62 Å². The van der Waals surface area contributed by atoms with E-state index >= 15 is 0 Å². The minimum atomic E-state index is -4.14. The molecule has 1 fully saturated rings. The van der Waals surface area contributed by atoms with Crippen molar-refractivity contribution in [3.63, 3.8) is 0 Å². The summed E-state index contributed by atoms with van der Waals surface area (Å²) < 4.78 is 29.1. The molecule has 7 nitrogen and oxygen atoms in total. The minimum absolute atomic E-state index is 0.0516. The summed E-state index contributed by atoms with van der Waals surface area (Å²) in [5.41, 5.74) is 2.48. The fourth-order valence-corrected chi connectivity index (χ4v) is 7.08. The van der Waals surface area contributed by atoms with Gasteiger partial charge in [-0.05, 0) is 75.1 Å². The van der Waals surface area contributed by atoms with Crippen molar-refractivity contribution in [2.45, 2.75) is 70.0 Å². The molecule has 0 unspecified atom stereocenters. The molecule has 0 saturated heterocycles. The maximum Gasteiger partial charge on any atom is 0.264 e. The molecule has 1 saturated carbocycles. The van der Waals surface area contributed by atoms with Crippen molar-refractivity contribution in [3.05, 3.63) is 93.5 Å². The molecule has 0 aliphatic heterocycles. The zero-order valence-corrected chi connectivity index (χ0v) is 25.8. The first-order valence-electron chi connectivity index (χ1n) is 13.7. The molecule has 218 valence electrons. The van der Waals surface area contributed by atoms with Gasteiger partial charge in [0, 0.05) is 28.2 Å². The fraction of sp³-hybridized carbons (Fsp3) is 0.355. The van der Waals surface area contributed by atoms with Gasteiger partial charge in [0.1, 0.15) is 12.6 Å². The van der Waals surface area contributed by atoms with Crippen molar-refractivity contribution in [3.8, 4) is 0 Å². The maximum atomic E-state index is 14.2. The summed E-state index contributed by atoms with van der Waals surface area (Å²) in [5.74, 6) is -0.868. The predicted octanol–water partition coefficient (Wildman–Crippen LogP) is 6.28. The highest BCUT2D eigenvalue weighted by molar-refractivity contribution is 7.92. The lowest BCUT2D eigenvalue weighted by Gasteiger charge is -2.33. The third-order valence-electron chi connectivity index (χ3n) is 7.71. The van der Waals surface area contributed by atoms with Gasteiger partial charge in [0.05, 0.1) is 10.6 Å². The number of sulfonamides is 1. The van der Waals surface area contributed by atoms with E-state index in [-0.39, 0.29) is 23.4 Å². The van der Waals surface area contributed by atoms with Crippen LogP contribution in [0, 0.1) is 13.8 Å². The zero-order valence-electron chi connectivity index (χ0n) is 23.4. The number of rotatable bonds is 10. The van der Waals surface area contributed by atoms with Crippen LogP contribution in [0.25, 0.3) is 0 Å². The summed E-state index contributed by atoms with van der Waals surface area (Å²) in [6, 6.07) is 17.5. The Hall–Kier alpha value is -3.07. The SMILES string of the molecule is Cc1cccc(N(CC(=O)N(Cc2c(Cl)cccc2Cl)[C@H](C)C(=O)NC2CCCC2)S(=O)(=O)c2ccccc2)c1C. The summed E-state index contributed by atoms with van der Waals surface area (Å²) >= 11 is 12.9. The number of benzene rings is 3. The van der Waals surface area contributed by atoms with Gasteiger partial charge in [0.25, 0.3) is 10.0 Å². The van der Waals surface area contributed by atoms with E-state index in [1.54, 1.807) is 55.5 Å². The molecule has 0 aromatic heterocycles. The lowest BCUT2D eigenvalue weighted by atomic mass is 10.1. The second-order valence-corrected chi connectivity index (χ2v) is 13.1. The number of amides is 2. The molecule has 2 amide bonds. The standard InChI is InChI=1S/C31H35Cl2N3O4S/c1-21-11-9-18-29(22(21)2)36(41(39,40)25-14-5-4-6-15-25)20-30(37)35(19-26-27(32)16-10-17-28(26)33)23(3)31(38)34-24-12-7-8-13-24/h4-6,9-11,14-18,23-24H,7-8,12-13,19-20H2,1-3H3,(H,34,38)/t23-/m1/s1. The third kappa shape index (κ3) is 7.05. The molecule has 1 aliphatic rings. The van der Waals surface area contributed by atoms with Gasteiger partial charge >= 0.3 is 0 Å². The summed E-state index contributed by atoms with van der Waals surface area (Å²) in [7, 11) is -4.14. The fourth-order valence-electron chi connectivity index (χ4n) is 5.07. The molecule has 1 N–H and O–H groups in total. The number of carbonyl (C=O) groups is 2. The van der Waals surface area contributed by atoms with E-state index in [1.165, 1.54) is 17.0 Å². The number of aryl methyl sites for hydroxylation is 1. The molecule has 1 aliphatic carbocycles. The van der Waals surface area contributed by atoms with E-state index in [1.807, 2.05) is 19.9 Å². The molecule has 3 aromatic carbocycles. The smallest absolute Gasteiger partial charge is 0.264 e. The van der Waals surface area contributed by atoms with Gasteiger partial charge in [0.15, 0.2) is 0 Å². The van der Waals surface area contributed by atoms with Crippen LogP contribution in [0.2, 0.25) is 10.0 Å². The number of anilines is 1. The first-order chi connectivity index (χ1) is 19.5. The van der Waals surface area contributed by atoms with Crippen LogP contribution in [0.4, 0.5) is 5.69 Å². The van der Waals surface area contributed by atoms with Crippen molar-refractivity contribution in [1.82, 2.24) is 10.2 Å². The highest BCUT2D eigenvalue weighted by Crippen LogP contribution is 2.30. The lowest BCUT2D eigenvalue weighted by molar-refractivity contribution is -0.139. The number of halogens is 2. The quantitative estimate of drug-likeness (QED) is 0.291. The van der Waals surface area contributed by atoms with Crippen LogP contribution in [-0.4, -0.2) is 43.8 Å². The minimum Gasteiger partial charge on any atom is -0.352 e. The summed E-state index contributed by atoms with van der Waals surface area (Å²) in [6.45, 7) is 4.75. The average Bonchev–Trinajstić information content (AvgIpc) is 3.46. The molecule has 0 radical (unpaired) electrons. The van der Waals surface area contributed by atoms with Crippen LogP contribution in [0.3, 0.4) is 0 Å². The van der Waals surface area contributed by atoms with Gasteiger partial charge in [-0.25, -0.2) is 8.42 Å². The Balaban J connectivity index is 1.74. The molecule has 0 bridgehead atoms. The molecule has 41 heavy (non-hydrogen) atoms. The second-order valence-electron chi connectivity index (χ2n) is 10.4. The number of carbonyl (C=O) groups excluding carboxylic acids is 2. The van der Waals surface area contributed by atoms with E-state index in [0.717, 1.165) is 41.1 Å². The Bertz CT molecular complexity index is 1490. The molecule has 0 heterocycles. The number of nitrogens with one attached hydrogen (secondary N) is 1. The van der Waals surface area contributed by atoms with Crippen molar-refractivity contribution in [2.75, 3.05) is 10.8 Å². The Morgan fingerprint density at radius 2 is 1.54 bits per heavy atom. The summed E-state index contributed by atoms with van der Waals surface area (Å²) in [5, 5.41) is 3.75. The van der Waals surface area contributed by atoms with Gasteiger partial charge < -0.3 is 10.2 Å². The van der Waals surface area contributed by atoms with Crippen molar-refractivity contribution in [2.24, 2.45) is 0 Å². The first-order valence-corrected chi connectivity index (χ1v) is 15.9. The molecule has 3 aromatic rings. The summed E-state index contributed by atoms with van der Waals surface area (Å²) in [6.07, 6.45) is 3.86. The van der Waals surface area contributed by atoms with Gasteiger partial charge in [0.2, 0.25) is 11.8 Å². The van der Waals surface area contributed by atoms with Crippen LogP contribution in [0.5, 0.6) is 0 Å². The first kappa shape index (κ1) is 30.9. The number of hydrogen-bond acceptors (Lipinski definition) is 4. The largest absolute Gasteiger partial charge is 0.352 e. The van der Waals surface area contributed by atoms with E-state index in [4.69, 9.17) is 23.2 Å². The van der Waals surface area contributed by atoms with Gasteiger partial charge in [-0.1, -0.05) is 72.4 Å². The van der Waals surface area contributed by atoms with Crippen LogP contribution in [0.15, 0.2) is 71.6 Å². The Kier molecular flexibility index (Phi) is 10.00. The molecular weight excluding hydrogens is 581 g/mol. The van der Waals surface area contributed by atoms with E-state index in [2.05, 4.69) is 5.32 Å². The Labute approximate surface area is 252 Å². The molecule has 0 spiro atoms. The van der Waals surface area contributed by atoms with Gasteiger partial charge in [-0.2, -0.15) is 0 Å². The van der Waals surface area contributed by atoms with Gasteiger partial charge in [-0.15, -0.1) is 0 Å². The highest BCUT2D eigenvalue weighted by atomic mass is 35.5. The predicted molar refractivity (Wildman–Crippen MR) is 164 cm³/mol. The third-order valence-corrected chi connectivity index (χ3v) is 10.2. The van der Waals surface area contributed by atoms with Gasteiger partial charge in [-0.3, -0.25) is 13.9 Å². The zero-order chi connectivity index (χ0) is 29.7. The Morgan fingerprint density at radius 3 is 2.17 bits per heavy atom. The molecular formula is C31H35Cl2N3O4S. The van der Waals surface area contributed by atoms with Crippen LogP contribution in [-0.2, 0) is 26.2 Å². The monoisotopic (exact) mass is 615 g/mol.